The van der Waals surface area contributed by atoms with E-state index in [9.17, 15) is 0 Å². The molecule has 0 aromatic heterocycles. The summed E-state index contributed by atoms with van der Waals surface area (Å²) in [6.45, 7) is 3.56. The van der Waals surface area contributed by atoms with Gasteiger partial charge in [0.1, 0.15) is 0 Å². The van der Waals surface area contributed by atoms with E-state index in [1.54, 1.807) is 20.0 Å². The van der Waals surface area contributed by atoms with Crippen molar-refractivity contribution < 1.29 is 0 Å². The van der Waals surface area contributed by atoms with Gasteiger partial charge in [0.25, 0.3) is 0 Å². The number of rotatable bonds is 0. The second-order valence-corrected chi connectivity index (χ2v) is 1.16. The van der Waals surface area contributed by atoms with Crippen molar-refractivity contribution in [3.05, 3.63) is 0 Å². The third kappa shape index (κ3) is 3.16. The van der Waals surface area contributed by atoms with Gasteiger partial charge >= 0.3 is 0 Å². The van der Waals surface area contributed by atoms with Crippen LogP contribution in [0.1, 0.15) is 13.8 Å². The van der Waals surface area contributed by atoms with Crippen molar-refractivity contribution in [2.75, 3.05) is 0 Å². The minimum atomic E-state index is 0.803. The Labute approximate surface area is 37.1 Å². The molecule has 0 aliphatic carbocycles. The largest absolute Gasteiger partial charge is 0.205 e. The van der Waals surface area contributed by atoms with E-state index in [4.69, 9.17) is 5.26 Å². The first-order chi connectivity index (χ1) is 2.77. The molecule has 0 saturated heterocycles. The van der Waals surface area contributed by atoms with Crippen LogP contribution in [-0.2, 0) is 0 Å². The molecule has 0 aromatic rings. The lowest BCUT2D eigenvalue weighted by Crippen LogP contribution is -1.73. The molecule has 0 radical (unpaired) electrons. The number of hydrogen-bond donors (Lipinski definition) is 0. The maximum atomic E-state index is 7.80. The summed E-state index contributed by atoms with van der Waals surface area (Å²) in [6.07, 6.45) is 1.66. The van der Waals surface area contributed by atoms with Crippen molar-refractivity contribution >= 4 is 5.71 Å². The van der Waals surface area contributed by atoms with Gasteiger partial charge in [-0.2, -0.15) is 10.3 Å². The normalized spacial score (nSPS) is 6.17. The predicted octanol–water partition coefficient (Wildman–Crippen LogP) is 0.948. The van der Waals surface area contributed by atoms with E-state index in [-0.39, 0.29) is 0 Å². The highest BCUT2D eigenvalue weighted by atomic mass is 14.7. The molecule has 0 N–H and O–H groups in total. The molecule has 0 saturated carbocycles. The van der Waals surface area contributed by atoms with E-state index in [1.807, 2.05) is 0 Å². The van der Waals surface area contributed by atoms with Crippen LogP contribution < -0.4 is 0 Å². The van der Waals surface area contributed by atoms with Crippen molar-refractivity contribution in [2.24, 2.45) is 4.99 Å². The highest BCUT2D eigenvalue weighted by Gasteiger charge is 1.67. The Hall–Kier alpha value is -0.840. The van der Waals surface area contributed by atoms with Crippen molar-refractivity contribution in [1.82, 2.24) is 0 Å². The molecule has 0 aliphatic heterocycles. The van der Waals surface area contributed by atoms with Gasteiger partial charge in [0.15, 0.2) is 0 Å². The fraction of sp³-hybridized carbons (Fsp3) is 0.500. The molecule has 0 amide bonds. The van der Waals surface area contributed by atoms with Crippen LogP contribution in [0.15, 0.2) is 4.99 Å². The van der Waals surface area contributed by atoms with E-state index >= 15 is 0 Å². The van der Waals surface area contributed by atoms with Gasteiger partial charge in [0, 0.05) is 5.71 Å². The van der Waals surface area contributed by atoms with Crippen LogP contribution in [0.5, 0.6) is 0 Å². The summed E-state index contributed by atoms with van der Waals surface area (Å²) < 4.78 is 0. The monoisotopic (exact) mass is 82.1 g/mol. The molecule has 0 spiro atoms. The van der Waals surface area contributed by atoms with Crippen molar-refractivity contribution in [3.63, 3.8) is 0 Å². The van der Waals surface area contributed by atoms with Gasteiger partial charge in [-0.1, -0.05) is 0 Å². The van der Waals surface area contributed by atoms with Gasteiger partial charge in [-0.15, -0.1) is 0 Å². The van der Waals surface area contributed by atoms with E-state index in [1.165, 1.54) is 0 Å². The summed E-state index contributed by atoms with van der Waals surface area (Å²) in [7, 11) is 0. The number of nitrogens with zero attached hydrogens (tertiary/aromatic N) is 2. The topological polar surface area (TPSA) is 36.1 Å². The van der Waals surface area contributed by atoms with Crippen LogP contribution >= 0.6 is 0 Å². The molecule has 0 aromatic carbocycles. The van der Waals surface area contributed by atoms with Gasteiger partial charge < -0.3 is 0 Å². The Morgan fingerprint density at radius 2 is 2.17 bits per heavy atom. The quantitative estimate of drug-likeness (QED) is 0.316. The Morgan fingerprint density at radius 3 is 2.17 bits per heavy atom. The molecule has 32 valence electrons. The fourth-order valence-electron chi connectivity index (χ4n) is 0.100. The Bertz CT molecular complexity index is 92.6. The lowest BCUT2D eigenvalue weighted by atomic mass is 10.5. The van der Waals surface area contributed by atoms with E-state index in [2.05, 4.69) is 4.99 Å². The summed E-state index contributed by atoms with van der Waals surface area (Å²) in [6, 6.07) is 0. The van der Waals surface area contributed by atoms with Crippen LogP contribution in [0.25, 0.3) is 0 Å². The molecule has 0 atom stereocenters. The second kappa shape index (κ2) is 2.40. The number of nitriles is 1. The van der Waals surface area contributed by atoms with E-state index in [0.717, 1.165) is 5.71 Å². The molecular formula is C4H6N2. The summed E-state index contributed by atoms with van der Waals surface area (Å²) in [4.78, 5) is 3.35. The highest BCUT2D eigenvalue weighted by Crippen LogP contribution is 1.67. The van der Waals surface area contributed by atoms with E-state index < -0.39 is 0 Å². The zero-order chi connectivity index (χ0) is 4.99. The van der Waals surface area contributed by atoms with Gasteiger partial charge in [0.2, 0.25) is 6.19 Å². The first-order valence-electron chi connectivity index (χ1n) is 1.67. The summed E-state index contributed by atoms with van der Waals surface area (Å²) in [5, 5.41) is 7.80. The zero-order valence-corrected chi connectivity index (χ0v) is 3.89. The summed E-state index contributed by atoms with van der Waals surface area (Å²) in [5.74, 6) is 0. The first-order valence-corrected chi connectivity index (χ1v) is 1.67. The van der Waals surface area contributed by atoms with Crippen LogP contribution in [0.4, 0.5) is 0 Å². The maximum absolute atomic E-state index is 7.80. The SMILES string of the molecule is CC(C)=NC#N. The van der Waals surface area contributed by atoms with Crippen LogP contribution in [0.2, 0.25) is 0 Å². The molecule has 0 fully saturated rings. The maximum Gasteiger partial charge on any atom is 0.205 e. The van der Waals surface area contributed by atoms with Crippen LogP contribution in [-0.4, -0.2) is 5.71 Å². The molecular weight excluding hydrogens is 76.1 g/mol. The molecule has 6 heavy (non-hydrogen) atoms. The third-order valence-corrected chi connectivity index (χ3v) is 0.274. The third-order valence-electron chi connectivity index (χ3n) is 0.274. The molecule has 0 aliphatic rings. The Kier molecular flexibility index (Phi) is 2.06. The summed E-state index contributed by atoms with van der Waals surface area (Å²) >= 11 is 0. The van der Waals surface area contributed by atoms with Crippen molar-refractivity contribution in [2.45, 2.75) is 13.8 Å². The predicted molar refractivity (Wildman–Crippen MR) is 24.4 cm³/mol. The molecule has 0 unspecified atom stereocenters. The smallest absolute Gasteiger partial charge is 0.183 e. The summed E-state index contributed by atoms with van der Waals surface area (Å²) in [5.41, 5.74) is 0.803. The molecule has 0 rings (SSSR count). The highest BCUT2D eigenvalue weighted by molar-refractivity contribution is 5.79. The average Bonchev–Trinajstić information content (AvgIpc) is 1.35. The van der Waals surface area contributed by atoms with Gasteiger partial charge in [0.05, 0.1) is 0 Å². The average molecular weight is 82.1 g/mol. The Morgan fingerprint density at radius 1 is 1.67 bits per heavy atom. The fourth-order valence-corrected chi connectivity index (χ4v) is 0.100. The van der Waals surface area contributed by atoms with Crippen LogP contribution in [0.3, 0.4) is 0 Å². The van der Waals surface area contributed by atoms with Crippen molar-refractivity contribution in [3.8, 4) is 6.19 Å². The minimum Gasteiger partial charge on any atom is -0.183 e. The number of aliphatic imine (C=N–C) groups is 1. The van der Waals surface area contributed by atoms with E-state index in [0.29, 0.717) is 0 Å². The first kappa shape index (κ1) is 5.16. The van der Waals surface area contributed by atoms with Gasteiger partial charge in [-0.3, -0.25) is 0 Å². The lowest BCUT2D eigenvalue weighted by Gasteiger charge is -1.70. The van der Waals surface area contributed by atoms with Gasteiger partial charge in [-0.25, -0.2) is 0 Å². The van der Waals surface area contributed by atoms with Gasteiger partial charge in [-0.05, 0) is 13.8 Å². The molecule has 0 bridgehead atoms. The molecule has 2 nitrogen and oxygen atoms in total. The zero-order valence-electron chi connectivity index (χ0n) is 3.89. The molecule has 0 heterocycles. The molecule has 2 heteroatoms. The minimum absolute atomic E-state index is 0.803. The Balaban J connectivity index is 3.51. The lowest BCUT2D eigenvalue weighted by molar-refractivity contribution is 1.42. The standard InChI is InChI=1S/C4H6N2/c1-4(2)6-3-5/h1-2H3. The van der Waals surface area contributed by atoms with Crippen LogP contribution in [0, 0.1) is 11.5 Å². The number of hydrogen-bond acceptors (Lipinski definition) is 2. The second-order valence-electron chi connectivity index (χ2n) is 1.16. The van der Waals surface area contributed by atoms with Crippen molar-refractivity contribution in [1.29, 1.82) is 5.26 Å².